The molecule has 1 saturated carbocycles. The van der Waals surface area contributed by atoms with Crippen LogP contribution in [-0.4, -0.2) is 31.2 Å². The fourth-order valence-electron chi connectivity index (χ4n) is 3.11. The van der Waals surface area contributed by atoms with Crippen LogP contribution in [0.4, 0.5) is 0 Å². The van der Waals surface area contributed by atoms with E-state index in [1.165, 1.54) is 26.7 Å². The fraction of sp³-hybridized carbons (Fsp3) is 0.308. The maximum atomic E-state index is 12.2. The van der Waals surface area contributed by atoms with Gasteiger partial charge in [0.15, 0.2) is 0 Å². The Balaban J connectivity index is 1.34. The van der Waals surface area contributed by atoms with Crippen molar-refractivity contribution in [3.8, 4) is 22.8 Å². The number of benzene rings is 2. The molecule has 0 saturated heterocycles. The van der Waals surface area contributed by atoms with Crippen LogP contribution in [0.5, 0.6) is 11.6 Å². The van der Waals surface area contributed by atoms with Crippen molar-refractivity contribution in [1.29, 1.82) is 0 Å². The predicted octanol–water partition coefficient (Wildman–Crippen LogP) is 4.58. The summed E-state index contributed by atoms with van der Waals surface area (Å²) in [7, 11) is -3.67. The zero-order valence-electron chi connectivity index (χ0n) is 19.2. The van der Waals surface area contributed by atoms with E-state index in [-0.39, 0.29) is 5.56 Å². The van der Waals surface area contributed by atoms with Gasteiger partial charge >= 0.3 is 0 Å². The summed E-state index contributed by atoms with van der Waals surface area (Å²) in [6.07, 6.45) is 4.28. The molecule has 1 aliphatic carbocycles. The summed E-state index contributed by atoms with van der Waals surface area (Å²) in [5.41, 5.74) is 3.08. The van der Waals surface area contributed by atoms with Gasteiger partial charge in [0.05, 0.1) is 11.9 Å². The van der Waals surface area contributed by atoms with Gasteiger partial charge in [0, 0.05) is 23.4 Å². The number of nitrogens with one attached hydrogen (secondary N) is 1. The van der Waals surface area contributed by atoms with E-state index < -0.39 is 21.2 Å². The quantitative estimate of drug-likeness (QED) is 0.456. The van der Waals surface area contributed by atoms with E-state index in [1.54, 1.807) is 30.5 Å². The summed E-state index contributed by atoms with van der Waals surface area (Å²) in [5.74, 6) is 1.38. The molecule has 0 unspecified atom stereocenters. The van der Waals surface area contributed by atoms with Crippen LogP contribution in [0.3, 0.4) is 0 Å². The number of ether oxygens (including phenoxy) is 2. The Morgan fingerprint density at radius 2 is 1.79 bits per heavy atom. The molecule has 178 valence electrons. The second-order valence-electron chi connectivity index (χ2n) is 8.68. The molecule has 0 bridgehead atoms. The number of carbonyl (C=O) groups excluding carboxylic acids is 1. The fourth-order valence-corrected chi connectivity index (χ4v) is 3.73. The Kier molecular flexibility index (Phi) is 7.17. The molecule has 0 aliphatic heterocycles. The van der Waals surface area contributed by atoms with Crippen LogP contribution in [0.15, 0.2) is 66.9 Å². The van der Waals surface area contributed by atoms with E-state index in [1.807, 2.05) is 36.4 Å². The number of rotatable bonds is 10. The Bertz CT molecular complexity index is 1230. The monoisotopic (exact) mass is 480 g/mol. The van der Waals surface area contributed by atoms with Gasteiger partial charge in [-0.1, -0.05) is 24.3 Å². The van der Waals surface area contributed by atoms with Gasteiger partial charge in [-0.15, -0.1) is 0 Å². The first-order valence-electron chi connectivity index (χ1n) is 11.3. The summed E-state index contributed by atoms with van der Waals surface area (Å²) in [6.45, 7) is 4.07. The lowest BCUT2D eigenvalue weighted by atomic mass is 10.1. The zero-order chi connectivity index (χ0) is 24.1. The zero-order valence-corrected chi connectivity index (χ0v) is 20.0. The lowest BCUT2D eigenvalue weighted by molar-refractivity contribution is 0.0981. The molecule has 1 aromatic heterocycles. The van der Waals surface area contributed by atoms with Gasteiger partial charge in [-0.05, 0) is 74.1 Å². The van der Waals surface area contributed by atoms with Crippen LogP contribution in [0.25, 0.3) is 11.1 Å². The third-order valence-electron chi connectivity index (χ3n) is 5.54. The minimum atomic E-state index is -3.67. The minimum absolute atomic E-state index is 0.270. The van der Waals surface area contributed by atoms with Gasteiger partial charge in [-0.25, -0.2) is 18.1 Å². The molecule has 34 heavy (non-hydrogen) atoms. The van der Waals surface area contributed by atoms with Gasteiger partial charge < -0.3 is 9.47 Å². The summed E-state index contributed by atoms with van der Waals surface area (Å²) in [5, 5.41) is -0.686. The molecule has 1 amide bonds. The highest BCUT2D eigenvalue weighted by Crippen LogP contribution is 2.30. The molecule has 1 heterocycles. The maximum absolute atomic E-state index is 12.2. The number of pyridine rings is 1. The molecule has 8 heteroatoms. The van der Waals surface area contributed by atoms with Crippen molar-refractivity contribution in [2.45, 2.75) is 38.5 Å². The summed E-state index contributed by atoms with van der Waals surface area (Å²) >= 11 is 0. The molecule has 7 nitrogen and oxygen atoms in total. The molecule has 0 spiro atoms. The van der Waals surface area contributed by atoms with E-state index in [2.05, 4.69) is 9.71 Å². The minimum Gasteiger partial charge on any atom is -0.489 e. The van der Waals surface area contributed by atoms with Crippen molar-refractivity contribution in [3.05, 3.63) is 78.0 Å². The van der Waals surface area contributed by atoms with Crippen LogP contribution < -0.4 is 14.2 Å². The number of hydrogen-bond acceptors (Lipinski definition) is 6. The molecule has 1 aliphatic rings. The van der Waals surface area contributed by atoms with E-state index >= 15 is 0 Å². The first-order valence-corrected chi connectivity index (χ1v) is 12.8. The third kappa shape index (κ3) is 6.35. The number of nitrogens with zero attached hydrogens (tertiary/aromatic N) is 1. The van der Waals surface area contributed by atoms with Crippen LogP contribution in [0.2, 0.25) is 0 Å². The van der Waals surface area contributed by atoms with Crippen LogP contribution >= 0.6 is 0 Å². The van der Waals surface area contributed by atoms with E-state index in [4.69, 9.17) is 9.47 Å². The van der Waals surface area contributed by atoms with Crippen molar-refractivity contribution in [3.63, 3.8) is 0 Å². The van der Waals surface area contributed by atoms with Gasteiger partial charge in [0.1, 0.15) is 12.4 Å². The smallest absolute Gasteiger partial charge is 0.264 e. The summed E-state index contributed by atoms with van der Waals surface area (Å²) < 4.78 is 37.5. The van der Waals surface area contributed by atoms with Gasteiger partial charge in [0.25, 0.3) is 5.91 Å². The molecular weight excluding hydrogens is 452 g/mol. The Hall–Kier alpha value is -3.39. The maximum Gasteiger partial charge on any atom is 0.264 e. The van der Waals surface area contributed by atoms with Crippen LogP contribution in [0, 0.1) is 5.92 Å². The number of aromatic nitrogens is 1. The molecule has 2 aromatic carbocycles. The molecule has 1 fully saturated rings. The van der Waals surface area contributed by atoms with Crippen molar-refractivity contribution in [2.24, 2.45) is 5.92 Å². The van der Waals surface area contributed by atoms with Crippen LogP contribution in [0.1, 0.15) is 42.6 Å². The third-order valence-corrected chi connectivity index (χ3v) is 7.26. The van der Waals surface area contributed by atoms with E-state index in [0.29, 0.717) is 24.2 Å². The highest BCUT2D eigenvalue weighted by atomic mass is 32.2. The second kappa shape index (κ2) is 10.3. The Morgan fingerprint density at radius 1 is 1.03 bits per heavy atom. The average molecular weight is 481 g/mol. The number of sulfonamides is 1. The number of carbonyl (C=O) groups is 1. The van der Waals surface area contributed by atoms with Crippen LogP contribution in [-0.2, 0) is 16.6 Å². The van der Waals surface area contributed by atoms with Crippen molar-refractivity contribution in [2.75, 3.05) is 6.61 Å². The normalized spacial score (nSPS) is 13.5. The van der Waals surface area contributed by atoms with E-state index in [9.17, 15) is 13.2 Å². The Morgan fingerprint density at radius 3 is 2.44 bits per heavy atom. The molecular formula is C26H28N2O5S. The molecule has 1 N–H and O–H groups in total. The SMILES string of the molecule is CC(C)S(=O)(=O)NC(=O)c1ccc(COc2cccc(-c3ccc(OCC4CC4)nc3)c2)cc1. The number of hydrogen-bond donors (Lipinski definition) is 1. The highest BCUT2D eigenvalue weighted by Gasteiger charge is 2.22. The van der Waals surface area contributed by atoms with Crippen molar-refractivity contribution < 1.29 is 22.7 Å². The average Bonchev–Trinajstić information content (AvgIpc) is 3.66. The molecule has 3 aromatic rings. The number of amides is 1. The summed E-state index contributed by atoms with van der Waals surface area (Å²) in [6, 6.07) is 18.3. The first kappa shape index (κ1) is 23.8. The molecule has 4 rings (SSSR count). The van der Waals surface area contributed by atoms with Gasteiger partial charge in [-0.3, -0.25) is 4.79 Å². The Labute approximate surface area is 200 Å². The molecule has 0 radical (unpaired) electrons. The predicted molar refractivity (Wildman–Crippen MR) is 130 cm³/mol. The lowest BCUT2D eigenvalue weighted by Gasteiger charge is -2.11. The lowest BCUT2D eigenvalue weighted by Crippen LogP contribution is -2.35. The second-order valence-corrected chi connectivity index (χ2v) is 10.9. The standard InChI is InChI=1S/C26H28N2O5S/c1-18(2)34(30,31)28-26(29)21-10-8-20(9-11-21)16-32-24-5-3-4-22(14-24)23-12-13-25(27-15-23)33-17-19-6-7-19/h3-5,8-15,18-19H,6-7,16-17H2,1-2H3,(H,28,29). The van der Waals surface area contributed by atoms with Gasteiger partial charge in [-0.2, -0.15) is 0 Å². The van der Waals surface area contributed by atoms with Crippen molar-refractivity contribution in [1.82, 2.24) is 9.71 Å². The van der Waals surface area contributed by atoms with Crippen molar-refractivity contribution >= 4 is 15.9 Å². The summed E-state index contributed by atoms with van der Waals surface area (Å²) in [4.78, 5) is 16.6. The topological polar surface area (TPSA) is 94.6 Å². The van der Waals surface area contributed by atoms with E-state index in [0.717, 1.165) is 23.3 Å². The highest BCUT2D eigenvalue weighted by molar-refractivity contribution is 7.90. The first-order chi connectivity index (χ1) is 16.3. The largest absolute Gasteiger partial charge is 0.489 e. The van der Waals surface area contributed by atoms with Gasteiger partial charge in [0.2, 0.25) is 15.9 Å². The molecule has 0 atom stereocenters.